The van der Waals surface area contributed by atoms with E-state index in [2.05, 4.69) is 20.8 Å². The molecule has 7 nitrogen and oxygen atoms in total. The van der Waals surface area contributed by atoms with E-state index >= 15 is 0 Å². The van der Waals surface area contributed by atoms with Crippen molar-refractivity contribution in [3.05, 3.63) is 58.7 Å². The first-order chi connectivity index (χ1) is 13.6. The van der Waals surface area contributed by atoms with Gasteiger partial charge >= 0.3 is 6.09 Å². The molecule has 0 aliphatic carbocycles. The number of phenolic OH excluding ortho intramolecular Hbond substituents is 2. The SMILES string of the molecule is CC(C)(C)c1ccc(C(=O)c2ccc(C3CN(C(=O)O)CCO3)c(O)c2O)cc1. The lowest BCUT2D eigenvalue weighted by Gasteiger charge is -2.31. The van der Waals surface area contributed by atoms with Gasteiger partial charge in [-0.05, 0) is 17.0 Å². The number of hydrogen-bond acceptors (Lipinski definition) is 5. The van der Waals surface area contributed by atoms with Crippen LogP contribution in [0.3, 0.4) is 0 Å². The topological polar surface area (TPSA) is 107 Å². The van der Waals surface area contributed by atoms with Crippen molar-refractivity contribution in [2.24, 2.45) is 0 Å². The summed E-state index contributed by atoms with van der Waals surface area (Å²) >= 11 is 0. The average Bonchev–Trinajstić information content (AvgIpc) is 2.69. The smallest absolute Gasteiger partial charge is 0.407 e. The number of aromatic hydroxyl groups is 2. The van der Waals surface area contributed by atoms with Gasteiger partial charge in [-0.15, -0.1) is 0 Å². The van der Waals surface area contributed by atoms with Crippen LogP contribution in [0.4, 0.5) is 4.79 Å². The number of ketones is 1. The summed E-state index contributed by atoms with van der Waals surface area (Å²) < 4.78 is 5.55. The van der Waals surface area contributed by atoms with Crippen LogP contribution in [0.25, 0.3) is 0 Å². The Labute approximate surface area is 169 Å². The van der Waals surface area contributed by atoms with Crippen molar-refractivity contribution in [3.8, 4) is 11.5 Å². The summed E-state index contributed by atoms with van der Waals surface area (Å²) in [5.74, 6) is -1.43. The third kappa shape index (κ3) is 4.19. The molecule has 0 spiro atoms. The van der Waals surface area contributed by atoms with Gasteiger partial charge in [0.1, 0.15) is 6.10 Å². The highest BCUT2D eigenvalue weighted by Gasteiger charge is 2.29. The standard InChI is InChI=1S/C22H25NO6/c1-22(2,3)14-6-4-13(5-7-14)18(24)16-9-8-15(19(25)20(16)26)17-12-23(21(27)28)10-11-29-17/h4-9,17,25-26H,10-12H2,1-3H3,(H,27,28). The summed E-state index contributed by atoms with van der Waals surface area (Å²) in [6.45, 7) is 6.67. The number of benzene rings is 2. The van der Waals surface area contributed by atoms with Crippen LogP contribution in [0.15, 0.2) is 36.4 Å². The third-order valence-corrected chi connectivity index (χ3v) is 5.12. The molecule has 2 aromatic rings. The number of carbonyl (C=O) groups excluding carboxylic acids is 1. The summed E-state index contributed by atoms with van der Waals surface area (Å²) in [5, 5.41) is 30.1. The molecule has 1 saturated heterocycles. The van der Waals surface area contributed by atoms with Crippen molar-refractivity contribution in [2.75, 3.05) is 19.7 Å². The Morgan fingerprint density at radius 2 is 1.69 bits per heavy atom. The van der Waals surface area contributed by atoms with Crippen molar-refractivity contribution < 1.29 is 29.6 Å². The third-order valence-electron chi connectivity index (χ3n) is 5.12. The van der Waals surface area contributed by atoms with Crippen LogP contribution in [0, 0.1) is 0 Å². The van der Waals surface area contributed by atoms with Crippen LogP contribution >= 0.6 is 0 Å². The lowest BCUT2D eigenvalue weighted by molar-refractivity contribution is -0.0242. The number of hydrogen-bond donors (Lipinski definition) is 3. The van der Waals surface area contributed by atoms with E-state index in [1.54, 1.807) is 12.1 Å². The van der Waals surface area contributed by atoms with Crippen molar-refractivity contribution in [1.29, 1.82) is 0 Å². The van der Waals surface area contributed by atoms with E-state index in [1.165, 1.54) is 17.0 Å². The minimum absolute atomic E-state index is 0.0272. The quantitative estimate of drug-likeness (QED) is 0.537. The number of carboxylic acid groups (broad SMARTS) is 1. The van der Waals surface area contributed by atoms with Gasteiger partial charge in [-0.25, -0.2) is 4.79 Å². The Morgan fingerprint density at radius 1 is 1.03 bits per heavy atom. The number of morpholine rings is 1. The second-order valence-corrected chi connectivity index (χ2v) is 8.14. The number of carbonyl (C=O) groups is 2. The first kappa shape index (κ1) is 20.7. The molecular formula is C22H25NO6. The average molecular weight is 399 g/mol. The van der Waals surface area contributed by atoms with E-state index in [4.69, 9.17) is 9.84 Å². The molecule has 0 radical (unpaired) electrons. The molecule has 154 valence electrons. The molecule has 1 aliphatic heterocycles. The van der Waals surface area contributed by atoms with Gasteiger partial charge in [0.25, 0.3) is 0 Å². The number of rotatable bonds is 3. The molecule has 1 fully saturated rings. The van der Waals surface area contributed by atoms with Crippen LogP contribution in [-0.4, -0.2) is 51.8 Å². The van der Waals surface area contributed by atoms with E-state index in [0.717, 1.165) is 5.56 Å². The maximum Gasteiger partial charge on any atom is 0.407 e. The predicted molar refractivity (Wildman–Crippen MR) is 107 cm³/mol. The fourth-order valence-corrected chi connectivity index (χ4v) is 3.33. The lowest BCUT2D eigenvalue weighted by Crippen LogP contribution is -2.41. The van der Waals surface area contributed by atoms with Gasteiger partial charge in [0, 0.05) is 17.7 Å². The second kappa shape index (κ2) is 7.75. The molecule has 29 heavy (non-hydrogen) atoms. The summed E-state index contributed by atoms with van der Waals surface area (Å²) in [6, 6.07) is 10.0. The Morgan fingerprint density at radius 3 is 2.28 bits per heavy atom. The molecule has 0 aromatic heterocycles. The summed E-state index contributed by atoms with van der Waals surface area (Å²) in [6.07, 6.45) is -1.80. The molecular weight excluding hydrogens is 374 g/mol. The zero-order chi connectivity index (χ0) is 21.3. The van der Waals surface area contributed by atoms with Crippen molar-refractivity contribution in [2.45, 2.75) is 32.3 Å². The number of nitrogens with zero attached hydrogens (tertiary/aromatic N) is 1. The van der Waals surface area contributed by atoms with Crippen LogP contribution in [0.5, 0.6) is 11.5 Å². The molecule has 1 aliphatic rings. The molecule has 2 aromatic carbocycles. The predicted octanol–water partition coefficient (Wildman–Crippen LogP) is 3.68. The molecule has 3 N–H and O–H groups in total. The van der Waals surface area contributed by atoms with E-state index in [9.17, 15) is 19.8 Å². The van der Waals surface area contributed by atoms with Crippen molar-refractivity contribution in [3.63, 3.8) is 0 Å². The Balaban J connectivity index is 1.87. The zero-order valence-electron chi connectivity index (χ0n) is 16.7. The number of ether oxygens (including phenoxy) is 1. The fourth-order valence-electron chi connectivity index (χ4n) is 3.33. The maximum absolute atomic E-state index is 12.8. The molecule has 1 amide bonds. The fraction of sp³-hybridized carbons (Fsp3) is 0.364. The first-order valence-corrected chi connectivity index (χ1v) is 9.39. The molecule has 1 unspecified atom stereocenters. The van der Waals surface area contributed by atoms with Crippen LogP contribution < -0.4 is 0 Å². The lowest BCUT2D eigenvalue weighted by atomic mass is 9.86. The normalized spacial score (nSPS) is 17.2. The summed E-state index contributed by atoms with van der Waals surface area (Å²) in [7, 11) is 0. The Kier molecular flexibility index (Phi) is 5.53. The molecule has 1 atom stereocenters. The van der Waals surface area contributed by atoms with Crippen LogP contribution in [0.1, 0.15) is 53.9 Å². The minimum Gasteiger partial charge on any atom is -0.504 e. The number of phenols is 2. The molecule has 0 saturated carbocycles. The van der Waals surface area contributed by atoms with Crippen LogP contribution in [0.2, 0.25) is 0 Å². The highest BCUT2D eigenvalue weighted by molar-refractivity contribution is 6.11. The summed E-state index contributed by atoms with van der Waals surface area (Å²) in [5.41, 5.74) is 1.64. The Hall–Kier alpha value is -3.06. The van der Waals surface area contributed by atoms with Gasteiger partial charge in [0.15, 0.2) is 17.3 Å². The Bertz CT molecular complexity index is 930. The summed E-state index contributed by atoms with van der Waals surface area (Å²) in [4.78, 5) is 25.2. The van der Waals surface area contributed by atoms with E-state index in [1.807, 2.05) is 12.1 Å². The van der Waals surface area contributed by atoms with Gasteiger partial charge in [-0.2, -0.15) is 0 Å². The van der Waals surface area contributed by atoms with Gasteiger partial charge in [0.2, 0.25) is 0 Å². The zero-order valence-corrected chi connectivity index (χ0v) is 16.7. The van der Waals surface area contributed by atoms with Gasteiger partial charge in [-0.3, -0.25) is 4.79 Å². The monoisotopic (exact) mass is 399 g/mol. The van der Waals surface area contributed by atoms with E-state index in [-0.39, 0.29) is 36.2 Å². The van der Waals surface area contributed by atoms with E-state index < -0.39 is 29.5 Å². The molecule has 0 bridgehead atoms. The number of amides is 1. The molecule has 1 heterocycles. The minimum atomic E-state index is -1.08. The van der Waals surface area contributed by atoms with Crippen molar-refractivity contribution in [1.82, 2.24) is 4.90 Å². The van der Waals surface area contributed by atoms with Crippen LogP contribution in [-0.2, 0) is 10.2 Å². The van der Waals surface area contributed by atoms with E-state index in [0.29, 0.717) is 5.56 Å². The maximum atomic E-state index is 12.8. The highest BCUT2D eigenvalue weighted by atomic mass is 16.5. The van der Waals surface area contributed by atoms with Gasteiger partial charge < -0.3 is 25.0 Å². The largest absolute Gasteiger partial charge is 0.504 e. The van der Waals surface area contributed by atoms with Gasteiger partial charge in [0.05, 0.1) is 18.7 Å². The molecule has 3 rings (SSSR count). The second-order valence-electron chi connectivity index (χ2n) is 8.14. The van der Waals surface area contributed by atoms with Gasteiger partial charge in [-0.1, -0.05) is 51.1 Å². The highest BCUT2D eigenvalue weighted by Crippen LogP contribution is 2.39. The van der Waals surface area contributed by atoms with Crippen molar-refractivity contribution >= 4 is 11.9 Å². The first-order valence-electron chi connectivity index (χ1n) is 9.39. The molecule has 7 heteroatoms.